The molecule has 0 amide bonds. The van der Waals surface area contributed by atoms with Crippen LogP contribution in [-0.4, -0.2) is 26.7 Å². The molecular formula is C72H99N7O. The van der Waals surface area contributed by atoms with Gasteiger partial charge in [0, 0.05) is 43.4 Å². The molecule has 2 aliphatic rings. The molecule has 9 rings (SSSR count). The van der Waals surface area contributed by atoms with E-state index in [0.717, 1.165) is 136 Å². The van der Waals surface area contributed by atoms with Crippen LogP contribution in [0.5, 0.6) is 5.88 Å². The summed E-state index contributed by atoms with van der Waals surface area (Å²) in [7, 11) is 0. The van der Waals surface area contributed by atoms with Crippen LogP contribution in [0.3, 0.4) is 0 Å². The number of aromatic amines is 3. The number of fused-ring (bicyclic) bond motifs is 19. The van der Waals surface area contributed by atoms with Crippen molar-refractivity contribution in [1.82, 2.24) is 15.0 Å². The van der Waals surface area contributed by atoms with Crippen LogP contribution in [0.4, 0.5) is 17.5 Å². The number of aliphatic imine (C=N–C) groups is 2. The fraction of sp³-hybridized carbons (Fsp3) is 0.556. The molecule has 8 heteroatoms. The van der Waals surface area contributed by atoms with Gasteiger partial charge >= 0.3 is 0 Å². The van der Waals surface area contributed by atoms with E-state index in [-0.39, 0.29) is 0 Å². The average Bonchev–Trinajstić information content (AvgIpc) is 4.24. The van der Waals surface area contributed by atoms with E-state index in [1.165, 1.54) is 186 Å². The molecule has 7 aromatic rings. The van der Waals surface area contributed by atoms with Crippen LogP contribution in [-0.2, 0) is 51.4 Å². The molecule has 3 aromatic heterocycles. The largest absolute Gasteiger partial charge is 0.421 e. The first kappa shape index (κ1) is 58.9. The number of unbranched alkanes of at least 4 members (excludes halogenated alkanes) is 16. The minimum absolute atomic E-state index is 0.594. The first-order chi connectivity index (χ1) is 39.3. The molecule has 0 spiro atoms. The third kappa shape index (κ3) is 13.9. The number of aromatic nitrogens is 3. The Morgan fingerprint density at radius 3 is 0.963 bits per heavy atom. The molecule has 2 aliphatic heterocycles. The Balaban J connectivity index is 1.37. The van der Waals surface area contributed by atoms with Crippen molar-refractivity contribution in [1.29, 1.82) is 0 Å². The molecule has 5 heterocycles. The summed E-state index contributed by atoms with van der Waals surface area (Å²) < 4.78 is 7.40. The number of amidine groups is 1. The van der Waals surface area contributed by atoms with E-state index in [4.69, 9.17) is 24.7 Å². The Kier molecular flexibility index (Phi) is 21.6. The highest BCUT2D eigenvalue weighted by atomic mass is 16.5. The Labute approximate surface area is 480 Å². The lowest BCUT2D eigenvalue weighted by molar-refractivity contribution is 0.541. The van der Waals surface area contributed by atoms with Crippen LogP contribution in [0.1, 0.15) is 265 Å². The molecular weight excluding hydrogens is 979 g/mol. The summed E-state index contributed by atoms with van der Waals surface area (Å²) in [4.78, 5) is 34.4. The van der Waals surface area contributed by atoms with Crippen LogP contribution >= 0.6 is 0 Å². The topological polar surface area (TPSA) is 106 Å². The second kappa shape index (κ2) is 29.3. The molecule has 4 aromatic carbocycles. The van der Waals surface area contributed by atoms with Crippen LogP contribution in [0.25, 0.3) is 32.3 Å². The number of hydrogen-bond donors (Lipinski definition) is 3. The van der Waals surface area contributed by atoms with E-state index in [2.05, 4.69) is 119 Å². The van der Waals surface area contributed by atoms with E-state index in [1.807, 2.05) is 0 Å². The molecule has 0 unspecified atom stereocenters. The molecule has 0 saturated carbocycles. The number of aryl methyl sites for hydroxylation is 8. The molecule has 0 aliphatic carbocycles. The summed E-state index contributed by atoms with van der Waals surface area (Å²) >= 11 is 0. The number of nitrogens with one attached hydrogen (secondary N) is 3. The number of hydrogen-bond acceptors (Lipinski definition) is 5. The van der Waals surface area contributed by atoms with Crippen molar-refractivity contribution in [3.05, 3.63) is 115 Å². The number of ether oxygens (including phenoxy) is 1. The predicted molar refractivity (Wildman–Crippen MR) is 342 cm³/mol. The summed E-state index contributed by atoms with van der Waals surface area (Å²) in [5.41, 5.74) is 15.1. The molecule has 0 radical (unpaired) electrons. The second-order valence-corrected chi connectivity index (χ2v) is 23.9. The maximum absolute atomic E-state index is 7.40. The zero-order valence-electron chi connectivity index (χ0n) is 50.9. The molecule has 0 fully saturated rings. The predicted octanol–water partition coefficient (Wildman–Crippen LogP) is 20.1. The van der Waals surface area contributed by atoms with Crippen molar-refractivity contribution < 1.29 is 4.74 Å². The van der Waals surface area contributed by atoms with E-state index in [9.17, 15) is 0 Å². The first-order valence-electron chi connectivity index (χ1n) is 32.8. The zero-order valence-corrected chi connectivity index (χ0v) is 50.9. The maximum Gasteiger partial charge on any atom is 0.231 e. The summed E-state index contributed by atoms with van der Waals surface area (Å²) in [6, 6.07) is 19.6. The van der Waals surface area contributed by atoms with Gasteiger partial charge in [-0.25, -0.2) is 15.0 Å². The quantitative estimate of drug-likeness (QED) is 0.0359. The standard InChI is InChI=1S/C72H99N7O/c1-9-17-25-33-49-41-57-59(43-51(49)35-27-19-11-3)67-74-65(57)73-66-58-42-50(34-26-18-10-2)52(36-28-20-12-4)44-60(58)68(75-66)77-70-62-46-54(38-30-22-14-6)56(40-32-24-16-8)48-64(62)72(79-70)80-71-63-47-55(39-31-23-15-7)53(37-29-21-13-5)45-61(63)69(76-67)78-71/h41-48,74,79H,9-40H2,1-8H3,(H,73,75,77)/b76-69-. The minimum atomic E-state index is 0.594. The van der Waals surface area contributed by atoms with Crippen LogP contribution in [0, 0.1) is 0 Å². The summed E-state index contributed by atoms with van der Waals surface area (Å²) in [6.07, 6.45) is 37.1. The normalized spacial score (nSPS) is 14.6. The van der Waals surface area contributed by atoms with Gasteiger partial charge in [-0.15, -0.1) is 0 Å². The molecule has 428 valence electrons. The van der Waals surface area contributed by atoms with Gasteiger partial charge in [0.1, 0.15) is 28.4 Å². The molecule has 8 bridgehead atoms. The van der Waals surface area contributed by atoms with Crippen LogP contribution in [0.2, 0.25) is 0 Å². The minimum Gasteiger partial charge on any atom is -0.421 e. The number of H-pyrrole nitrogens is 3. The third-order valence-electron chi connectivity index (χ3n) is 17.5. The monoisotopic (exact) mass is 1080 g/mol. The third-order valence-corrected chi connectivity index (χ3v) is 17.5. The SMILES string of the molecule is CCCCCc1cc2c(cc1CCCCC)/C1=N/c3[nH]c(c4cc(CCCCC)c(CCCCC)cc34)/N=c3\[nH]/c(c4cc(CCCCC)c(CCCCC)cc34)=N\c3[nH]c(c4cc(CCCCC)c(CCCCC)cc34)OC2=N1. The van der Waals surface area contributed by atoms with Crippen molar-refractivity contribution in [3.8, 4) is 5.88 Å². The molecule has 80 heavy (non-hydrogen) atoms. The zero-order chi connectivity index (χ0) is 55.8. The van der Waals surface area contributed by atoms with Crippen molar-refractivity contribution in [3.63, 3.8) is 0 Å². The summed E-state index contributed by atoms with van der Waals surface area (Å²) in [5.74, 6) is 4.39. The van der Waals surface area contributed by atoms with Gasteiger partial charge in [-0.1, -0.05) is 158 Å². The lowest BCUT2D eigenvalue weighted by Crippen LogP contribution is -2.11. The Hall–Kier alpha value is -5.76. The van der Waals surface area contributed by atoms with Gasteiger partial charge in [0.2, 0.25) is 11.8 Å². The molecule has 3 N–H and O–H groups in total. The first-order valence-corrected chi connectivity index (χ1v) is 32.8. The summed E-state index contributed by atoms with van der Waals surface area (Å²) in [5, 5.41) is 6.57. The fourth-order valence-electron chi connectivity index (χ4n) is 12.7. The molecule has 8 nitrogen and oxygen atoms in total. The Morgan fingerprint density at radius 1 is 0.287 bits per heavy atom. The maximum atomic E-state index is 7.40. The Bertz CT molecular complexity index is 3380. The lowest BCUT2D eigenvalue weighted by atomic mass is 9.92. The fourth-order valence-corrected chi connectivity index (χ4v) is 12.7. The van der Waals surface area contributed by atoms with E-state index >= 15 is 0 Å². The van der Waals surface area contributed by atoms with Gasteiger partial charge in [0.15, 0.2) is 5.84 Å². The highest BCUT2D eigenvalue weighted by molar-refractivity contribution is 6.22. The van der Waals surface area contributed by atoms with Gasteiger partial charge in [-0.2, -0.15) is 4.99 Å². The number of nitrogens with zero attached hydrogens (tertiary/aromatic N) is 4. The number of rotatable bonds is 32. The van der Waals surface area contributed by atoms with Crippen molar-refractivity contribution in [2.75, 3.05) is 0 Å². The van der Waals surface area contributed by atoms with Gasteiger partial charge in [-0.3, -0.25) is 0 Å². The van der Waals surface area contributed by atoms with E-state index < -0.39 is 0 Å². The number of benzene rings is 4. The smallest absolute Gasteiger partial charge is 0.231 e. The van der Waals surface area contributed by atoms with Crippen molar-refractivity contribution in [2.45, 2.75) is 261 Å². The van der Waals surface area contributed by atoms with Crippen molar-refractivity contribution in [2.24, 2.45) is 20.0 Å². The summed E-state index contributed by atoms with van der Waals surface area (Å²) in [6.45, 7) is 18.4. The van der Waals surface area contributed by atoms with E-state index in [1.54, 1.807) is 0 Å². The van der Waals surface area contributed by atoms with Gasteiger partial charge in [0.05, 0.1) is 0 Å². The van der Waals surface area contributed by atoms with Crippen LogP contribution in [0.15, 0.2) is 68.5 Å². The van der Waals surface area contributed by atoms with Crippen LogP contribution < -0.4 is 15.7 Å². The highest BCUT2D eigenvalue weighted by Crippen LogP contribution is 2.41. The average molecular weight is 1080 g/mol. The molecule has 0 atom stereocenters. The lowest BCUT2D eigenvalue weighted by Gasteiger charge is -2.14. The highest BCUT2D eigenvalue weighted by Gasteiger charge is 2.29. The van der Waals surface area contributed by atoms with E-state index in [0.29, 0.717) is 17.6 Å². The van der Waals surface area contributed by atoms with Gasteiger partial charge < -0.3 is 19.7 Å². The Morgan fingerprint density at radius 2 is 0.588 bits per heavy atom. The second-order valence-electron chi connectivity index (χ2n) is 23.9. The van der Waals surface area contributed by atoms with Gasteiger partial charge in [-0.05, 0) is 196 Å². The van der Waals surface area contributed by atoms with Gasteiger partial charge in [0.25, 0.3) is 0 Å². The molecule has 0 saturated heterocycles. The van der Waals surface area contributed by atoms with Crippen molar-refractivity contribution >= 4 is 61.5 Å².